The summed E-state index contributed by atoms with van der Waals surface area (Å²) < 4.78 is 1.90. The predicted octanol–water partition coefficient (Wildman–Crippen LogP) is 3.85. The van der Waals surface area contributed by atoms with Crippen LogP contribution in [0.5, 0.6) is 0 Å². The van der Waals surface area contributed by atoms with Gasteiger partial charge in [-0.05, 0) is 37.1 Å². The molecule has 3 aromatic rings. The Bertz CT molecular complexity index is 1030. The molecule has 5 rings (SSSR count). The Morgan fingerprint density at radius 1 is 1.03 bits per heavy atom. The van der Waals surface area contributed by atoms with Gasteiger partial charge >= 0.3 is 0 Å². The van der Waals surface area contributed by atoms with Gasteiger partial charge in [0, 0.05) is 55.4 Å². The summed E-state index contributed by atoms with van der Waals surface area (Å²) in [6.07, 6.45) is 8.79. The lowest BCUT2D eigenvalue weighted by atomic mass is 10.1. The monoisotopic (exact) mass is 384 g/mol. The summed E-state index contributed by atoms with van der Waals surface area (Å²) >= 11 is 0. The van der Waals surface area contributed by atoms with E-state index in [0.717, 1.165) is 36.9 Å². The van der Waals surface area contributed by atoms with Crippen molar-refractivity contribution in [1.82, 2.24) is 14.8 Å². The molecule has 0 atom stereocenters. The Kier molecular flexibility index (Phi) is 4.65. The minimum Gasteiger partial charge on any atom is -0.365 e. The number of aromatic nitrogens is 3. The first-order chi connectivity index (χ1) is 14.3. The fourth-order valence-corrected chi connectivity index (χ4v) is 4.19. The van der Waals surface area contributed by atoms with E-state index in [9.17, 15) is 0 Å². The van der Waals surface area contributed by atoms with Crippen LogP contribution >= 0.6 is 0 Å². The van der Waals surface area contributed by atoms with Crippen molar-refractivity contribution >= 4 is 11.4 Å². The smallest absolute Gasteiger partial charge is 0.0974 e. The normalized spacial score (nSPS) is 15.8. The van der Waals surface area contributed by atoms with Crippen LogP contribution in [0.3, 0.4) is 0 Å². The van der Waals surface area contributed by atoms with Crippen molar-refractivity contribution in [1.29, 1.82) is 5.26 Å². The lowest BCUT2D eigenvalue weighted by Crippen LogP contribution is -2.41. The molecule has 2 aromatic heterocycles. The van der Waals surface area contributed by atoms with E-state index >= 15 is 0 Å². The molecule has 29 heavy (non-hydrogen) atoms. The van der Waals surface area contributed by atoms with Crippen LogP contribution < -0.4 is 9.80 Å². The number of para-hydroxylation sites is 2. The molecule has 1 aliphatic heterocycles. The van der Waals surface area contributed by atoms with E-state index in [4.69, 9.17) is 10.4 Å². The summed E-state index contributed by atoms with van der Waals surface area (Å²) in [7, 11) is 0. The molecule has 0 bridgehead atoms. The van der Waals surface area contributed by atoms with E-state index in [0.29, 0.717) is 13.0 Å². The second kappa shape index (κ2) is 7.59. The van der Waals surface area contributed by atoms with E-state index in [1.165, 1.54) is 29.8 Å². The van der Waals surface area contributed by atoms with E-state index < -0.39 is 0 Å². The summed E-state index contributed by atoms with van der Waals surface area (Å²) in [5, 5.41) is 13.7. The van der Waals surface area contributed by atoms with E-state index in [-0.39, 0.29) is 0 Å². The fraction of sp³-hybridized carbons (Fsp3) is 0.348. The topological polar surface area (TPSA) is 61.0 Å². The highest BCUT2D eigenvalue weighted by Crippen LogP contribution is 2.40. The van der Waals surface area contributed by atoms with Gasteiger partial charge in [-0.1, -0.05) is 12.1 Å². The number of hydrogen-bond donors (Lipinski definition) is 0. The number of hydrogen-bond acceptors (Lipinski definition) is 5. The number of anilines is 2. The van der Waals surface area contributed by atoms with Crippen molar-refractivity contribution in [2.75, 3.05) is 22.9 Å². The van der Waals surface area contributed by atoms with Gasteiger partial charge in [0.2, 0.25) is 0 Å². The minimum atomic E-state index is 0.458. The highest BCUT2D eigenvalue weighted by molar-refractivity contribution is 5.75. The standard InChI is InChI=1S/C23H24N6/c24-10-3-13-28-17-19(23(26-28)18-8-11-25-12-9-18)16-27-14-15-29(20-6-7-20)22-5-2-1-4-21(22)27/h1-2,4-5,8-9,11-12,17,20H,3,6-7,13-16H2. The quantitative estimate of drug-likeness (QED) is 0.646. The van der Waals surface area contributed by atoms with Crippen LogP contribution in [0, 0.1) is 11.3 Å². The summed E-state index contributed by atoms with van der Waals surface area (Å²) in [5.74, 6) is 0. The zero-order chi connectivity index (χ0) is 19.6. The maximum atomic E-state index is 8.95. The van der Waals surface area contributed by atoms with Gasteiger partial charge < -0.3 is 9.80 Å². The lowest BCUT2D eigenvalue weighted by molar-refractivity contribution is 0.628. The summed E-state index contributed by atoms with van der Waals surface area (Å²) in [6.45, 7) is 3.49. The number of nitriles is 1. The molecule has 0 saturated heterocycles. The number of rotatable bonds is 6. The van der Waals surface area contributed by atoms with Crippen LogP contribution in [0.15, 0.2) is 55.0 Å². The average Bonchev–Trinajstić information content (AvgIpc) is 3.53. The minimum absolute atomic E-state index is 0.458. The van der Waals surface area contributed by atoms with Crippen molar-refractivity contribution in [2.45, 2.75) is 38.4 Å². The molecule has 146 valence electrons. The molecule has 1 aliphatic carbocycles. The zero-order valence-electron chi connectivity index (χ0n) is 16.4. The first-order valence-corrected chi connectivity index (χ1v) is 10.3. The van der Waals surface area contributed by atoms with Crippen LogP contribution in [0.4, 0.5) is 11.4 Å². The Morgan fingerprint density at radius 2 is 1.83 bits per heavy atom. The molecular weight excluding hydrogens is 360 g/mol. The summed E-state index contributed by atoms with van der Waals surface area (Å²) in [5.41, 5.74) is 5.88. The average molecular weight is 384 g/mol. The van der Waals surface area contributed by atoms with Crippen molar-refractivity contribution in [2.24, 2.45) is 0 Å². The van der Waals surface area contributed by atoms with Gasteiger partial charge in [-0.3, -0.25) is 9.67 Å². The Morgan fingerprint density at radius 3 is 2.59 bits per heavy atom. The maximum Gasteiger partial charge on any atom is 0.0974 e. The molecule has 0 radical (unpaired) electrons. The number of nitrogens with zero attached hydrogens (tertiary/aromatic N) is 6. The highest BCUT2D eigenvalue weighted by atomic mass is 15.3. The van der Waals surface area contributed by atoms with Crippen LogP contribution in [0.1, 0.15) is 24.8 Å². The van der Waals surface area contributed by atoms with Gasteiger partial charge in [0.05, 0.1) is 36.1 Å². The van der Waals surface area contributed by atoms with E-state index in [1.807, 2.05) is 16.8 Å². The van der Waals surface area contributed by atoms with Gasteiger partial charge in [0.25, 0.3) is 0 Å². The lowest BCUT2D eigenvalue weighted by Gasteiger charge is -2.39. The summed E-state index contributed by atoms with van der Waals surface area (Å²) in [4.78, 5) is 9.18. The van der Waals surface area contributed by atoms with Crippen molar-refractivity contribution in [3.8, 4) is 17.3 Å². The molecule has 6 heteroatoms. The molecule has 0 unspecified atom stereocenters. The third-order valence-electron chi connectivity index (χ3n) is 5.74. The zero-order valence-corrected chi connectivity index (χ0v) is 16.4. The first kappa shape index (κ1) is 17.7. The molecule has 3 heterocycles. The van der Waals surface area contributed by atoms with Gasteiger partial charge in [0.1, 0.15) is 0 Å². The number of fused-ring (bicyclic) bond motifs is 1. The Balaban J connectivity index is 1.47. The number of benzene rings is 1. The molecule has 0 spiro atoms. The van der Waals surface area contributed by atoms with Gasteiger partial charge in [-0.2, -0.15) is 10.4 Å². The second-order valence-electron chi connectivity index (χ2n) is 7.74. The SMILES string of the molecule is N#CCCn1cc(CN2CCN(C3CC3)c3ccccc32)c(-c2ccncc2)n1. The second-order valence-corrected chi connectivity index (χ2v) is 7.74. The molecule has 2 aliphatic rings. The Hall–Kier alpha value is -3.33. The van der Waals surface area contributed by atoms with E-state index in [1.54, 1.807) is 12.4 Å². The maximum absolute atomic E-state index is 8.95. The number of aryl methyl sites for hydroxylation is 1. The fourth-order valence-electron chi connectivity index (χ4n) is 4.19. The molecule has 6 nitrogen and oxygen atoms in total. The third-order valence-corrected chi connectivity index (χ3v) is 5.74. The van der Waals surface area contributed by atoms with Crippen LogP contribution in [-0.4, -0.2) is 33.9 Å². The molecule has 0 N–H and O–H groups in total. The van der Waals surface area contributed by atoms with Crippen molar-refractivity contribution < 1.29 is 0 Å². The van der Waals surface area contributed by atoms with Crippen molar-refractivity contribution in [3.05, 3.63) is 60.6 Å². The largest absolute Gasteiger partial charge is 0.365 e. The third kappa shape index (κ3) is 3.56. The van der Waals surface area contributed by atoms with Crippen LogP contribution in [-0.2, 0) is 13.1 Å². The van der Waals surface area contributed by atoms with Crippen LogP contribution in [0.2, 0.25) is 0 Å². The van der Waals surface area contributed by atoms with Gasteiger partial charge in [0.15, 0.2) is 0 Å². The molecular formula is C23H24N6. The van der Waals surface area contributed by atoms with Crippen LogP contribution in [0.25, 0.3) is 11.3 Å². The van der Waals surface area contributed by atoms with E-state index in [2.05, 4.69) is 51.3 Å². The Labute approximate surface area is 171 Å². The number of pyridine rings is 1. The van der Waals surface area contributed by atoms with Gasteiger partial charge in [-0.15, -0.1) is 0 Å². The first-order valence-electron chi connectivity index (χ1n) is 10.3. The highest BCUT2D eigenvalue weighted by Gasteiger charge is 2.34. The molecule has 0 amide bonds. The van der Waals surface area contributed by atoms with Gasteiger partial charge in [-0.25, -0.2) is 0 Å². The molecule has 1 saturated carbocycles. The summed E-state index contributed by atoms with van der Waals surface area (Å²) in [6, 6.07) is 15.7. The predicted molar refractivity (Wildman–Crippen MR) is 114 cm³/mol. The van der Waals surface area contributed by atoms with Crippen molar-refractivity contribution in [3.63, 3.8) is 0 Å². The molecule has 1 aromatic carbocycles. The molecule has 1 fully saturated rings.